The number of anilines is 1. The van der Waals surface area contributed by atoms with Crippen molar-refractivity contribution in [2.45, 2.75) is 13.8 Å². The Hall–Kier alpha value is 0.170. The van der Waals surface area contributed by atoms with Gasteiger partial charge in [-0.05, 0) is 73.8 Å². The summed E-state index contributed by atoms with van der Waals surface area (Å²) in [6, 6.07) is 1.62. The van der Waals surface area contributed by atoms with E-state index in [0.29, 0.717) is 10.7 Å². The predicted octanol–water partition coefficient (Wildman–Crippen LogP) is 2.73. The average molecular weight is 707 g/mol. The van der Waals surface area contributed by atoms with Crippen LogP contribution in [-0.4, -0.2) is 40.3 Å². The number of halogens is 3. The average Bonchev–Trinajstić information content (AvgIpc) is 2.40. The highest BCUT2D eigenvalue weighted by Gasteiger charge is 2.28. The second kappa shape index (κ2) is 9.39. The molecule has 0 saturated carbocycles. The summed E-state index contributed by atoms with van der Waals surface area (Å²) in [5.41, 5.74) is 0.415. The van der Waals surface area contributed by atoms with E-state index >= 15 is 0 Å². The molecule has 12 heteroatoms. The summed E-state index contributed by atoms with van der Waals surface area (Å²) in [7, 11) is -4.28. The molecule has 0 aliphatic rings. The molecule has 0 saturated heterocycles. The molecule has 8 nitrogen and oxygen atoms in total. The number of amides is 2. The van der Waals surface area contributed by atoms with Crippen LogP contribution in [0.15, 0.2) is 6.07 Å². The maximum atomic E-state index is 12.3. The molecular formula is C13H13I3NO7P. The molecular weight excluding hydrogens is 694 g/mol. The van der Waals surface area contributed by atoms with Crippen LogP contribution in [0, 0.1) is 10.7 Å². The van der Waals surface area contributed by atoms with Gasteiger partial charge < -0.3 is 14.5 Å². The number of carbonyl (C=O) groups excluding carboxylic acids is 3. The van der Waals surface area contributed by atoms with Crippen LogP contribution in [0.1, 0.15) is 24.2 Å². The molecule has 1 aromatic rings. The summed E-state index contributed by atoms with van der Waals surface area (Å²) < 4.78 is 17.2. The normalized spacial score (nSPS) is 11.2. The van der Waals surface area contributed by atoms with E-state index in [1.165, 1.54) is 13.8 Å². The zero-order valence-electron chi connectivity index (χ0n) is 13.0. The highest BCUT2D eigenvalue weighted by molar-refractivity contribution is 14.1. The number of nitrogens with zero attached hydrogens (tertiary/aromatic N) is 1. The van der Waals surface area contributed by atoms with E-state index in [2.05, 4.69) is 0 Å². The molecule has 0 heterocycles. The minimum atomic E-state index is -4.28. The van der Waals surface area contributed by atoms with Crippen molar-refractivity contribution in [1.29, 1.82) is 0 Å². The van der Waals surface area contributed by atoms with Crippen LogP contribution in [0.3, 0.4) is 0 Å². The molecule has 0 aliphatic carbocycles. The molecule has 2 amide bonds. The van der Waals surface area contributed by atoms with Crippen LogP contribution in [0.2, 0.25) is 0 Å². The second-order valence-corrected chi connectivity index (χ2v) is 9.96. The number of carbonyl (C=O) groups is 3. The van der Waals surface area contributed by atoms with Crippen LogP contribution in [0.5, 0.6) is 0 Å². The lowest BCUT2D eigenvalue weighted by Gasteiger charge is -2.22. The lowest BCUT2D eigenvalue weighted by molar-refractivity contribution is -0.124. The van der Waals surface area contributed by atoms with E-state index in [1.54, 1.807) is 6.07 Å². The summed E-state index contributed by atoms with van der Waals surface area (Å²) in [5, 5.41) is 0. The third-order valence-electron chi connectivity index (χ3n) is 2.82. The van der Waals surface area contributed by atoms with Crippen molar-refractivity contribution in [2.24, 2.45) is 0 Å². The van der Waals surface area contributed by atoms with Gasteiger partial charge in [-0.2, -0.15) is 0 Å². The van der Waals surface area contributed by atoms with Crippen molar-refractivity contribution >= 4 is 98.8 Å². The molecule has 0 radical (unpaired) electrons. The van der Waals surface area contributed by atoms with Gasteiger partial charge in [0.2, 0.25) is 11.8 Å². The van der Waals surface area contributed by atoms with Gasteiger partial charge >= 0.3 is 13.6 Å². The van der Waals surface area contributed by atoms with Crippen molar-refractivity contribution in [1.82, 2.24) is 0 Å². The second-order valence-electron chi connectivity index (χ2n) is 4.78. The van der Waals surface area contributed by atoms with Gasteiger partial charge in [-0.3, -0.25) is 14.2 Å². The molecule has 1 aromatic carbocycles. The summed E-state index contributed by atoms with van der Waals surface area (Å²) >= 11 is 5.73. The molecule has 138 valence electrons. The van der Waals surface area contributed by atoms with Crippen molar-refractivity contribution in [3.8, 4) is 0 Å². The zero-order valence-corrected chi connectivity index (χ0v) is 20.3. The van der Waals surface area contributed by atoms with Gasteiger partial charge in [-0.1, -0.05) is 0 Å². The predicted molar refractivity (Wildman–Crippen MR) is 116 cm³/mol. The first-order chi connectivity index (χ1) is 11.4. The quantitative estimate of drug-likeness (QED) is 0.275. The fourth-order valence-corrected chi connectivity index (χ4v) is 6.46. The van der Waals surface area contributed by atoms with Gasteiger partial charge in [0.15, 0.2) is 0 Å². The van der Waals surface area contributed by atoms with E-state index in [4.69, 9.17) is 14.5 Å². The molecule has 0 atom stereocenters. The molecule has 2 N–H and O–H groups in total. The molecule has 0 aliphatic heterocycles. The van der Waals surface area contributed by atoms with Crippen molar-refractivity contribution < 1.29 is 33.5 Å². The Morgan fingerprint density at radius 3 is 2.08 bits per heavy atom. The SMILES string of the molecule is CC(=O)N(C(C)=O)c1c(I)cc(I)c(C(=O)OCCP(=O)(O)O)c1I. The lowest BCUT2D eigenvalue weighted by atomic mass is 10.2. The van der Waals surface area contributed by atoms with Crippen LogP contribution in [0.25, 0.3) is 0 Å². The topological polar surface area (TPSA) is 121 Å². The van der Waals surface area contributed by atoms with E-state index in [1.807, 2.05) is 67.8 Å². The Morgan fingerprint density at radius 1 is 1.12 bits per heavy atom. The van der Waals surface area contributed by atoms with Crippen LogP contribution >= 0.6 is 75.4 Å². The molecule has 1 rings (SSSR count). The van der Waals surface area contributed by atoms with E-state index < -0.39 is 38.1 Å². The van der Waals surface area contributed by atoms with Crippen molar-refractivity contribution in [3.05, 3.63) is 22.3 Å². The summed E-state index contributed by atoms with van der Waals surface area (Å²) in [6.45, 7) is 2.03. The number of imide groups is 1. The molecule has 25 heavy (non-hydrogen) atoms. The lowest BCUT2D eigenvalue weighted by Crippen LogP contribution is -2.35. The zero-order chi connectivity index (χ0) is 19.5. The Kier molecular flexibility index (Phi) is 8.72. The highest BCUT2D eigenvalue weighted by atomic mass is 127. The van der Waals surface area contributed by atoms with E-state index in [-0.39, 0.29) is 11.3 Å². The number of benzene rings is 1. The Balaban J connectivity index is 3.32. The molecule has 0 unspecified atom stereocenters. The van der Waals surface area contributed by atoms with Gasteiger partial charge in [-0.15, -0.1) is 0 Å². The summed E-state index contributed by atoms with van der Waals surface area (Å²) in [5.74, 6) is -1.78. The van der Waals surface area contributed by atoms with Gasteiger partial charge in [0.1, 0.15) is 6.61 Å². The van der Waals surface area contributed by atoms with E-state index in [0.717, 1.165) is 4.90 Å². The maximum absolute atomic E-state index is 12.3. The molecule has 0 spiro atoms. The smallest absolute Gasteiger partial charge is 0.340 e. The van der Waals surface area contributed by atoms with Crippen LogP contribution in [0.4, 0.5) is 5.69 Å². The number of rotatable bonds is 5. The molecule has 0 aromatic heterocycles. The number of hydrogen-bond acceptors (Lipinski definition) is 5. The van der Waals surface area contributed by atoms with Gasteiger partial charge in [0.05, 0.1) is 21.0 Å². The first-order valence-corrected chi connectivity index (χ1v) is 11.6. The van der Waals surface area contributed by atoms with Crippen LogP contribution in [-0.2, 0) is 18.9 Å². The fourth-order valence-electron chi connectivity index (χ4n) is 1.84. The van der Waals surface area contributed by atoms with Crippen molar-refractivity contribution in [3.63, 3.8) is 0 Å². The third-order valence-corrected chi connectivity index (χ3v) is 6.31. The number of esters is 1. The Morgan fingerprint density at radius 2 is 1.64 bits per heavy atom. The summed E-state index contributed by atoms with van der Waals surface area (Å²) in [6.07, 6.45) is -0.587. The van der Waals surface area contributed by atoms with Crippen LogP contribution < -0.4 is 4.90 Å². The Labute approximate surface area is 184 Å². The molecule has 0 bridgehead atoms. The standard InChI is InChI=1S/C13H13I3NO7P/c1-6(18)17(7(2)19)12-9(15)5-8(14)10(11(12)16)13(20)24-3-4-25(21,22)23/h5H,3-4H2,1-2H3,(H2,21,22,23). The largest absolute Gasteiger partial charge is 0.461 e. The fraction of sp³-hybridized carbons (Fsp3) is 0.308. The minimum Gasteiger partial charge on any atom is -0.461 e. The first kappa shape index (κ1) is 23.2. The monoisotopic (exact) mass is 707 g/mol. The number of ether oxygens (including phenoxy) is 1. The first-order valence-electron chi connectivity index (χ1n) is 6.57. The van der Waals surface area contributed by atoms with E-state index in [9.17, 15) is 18.9 Å². The van der Waals surface area contributed by atoms with Gasteiger partial charge in [0, 0.05) is 21.0 Å². The van der Waals surface area contributed by atoms with Crippen molar-refractivity contribution in [2.75, 3.05) is 17.7 Å². The highest BCUT2D eigenvalue weighted by Crippen LogP contribution is 2.36. The number of hydrogen-bond donors (Lipinski definition) is 2. The summed E-state index contributed by atoms with van der Waals surface area (Å²) in [4.78, 5) is 54.6. The third kappa shape index (κ3) is 6.37. The minimum absolute atomic E-state index is 0.134. The Bertz CT molecular complexity index is 763. The van der Waals surface area contributed by atoms with Gasteiger partial charge in [-0.25, -0.2) is 9.69 Å². The maximum Gasteiger partial charge on any atom is 0.340 e. The molecule has 0 fully saturated rings. The van der Waals surface area contributed by atoms with Gasteiger partial charge in [0.25, 0.3) is 0 Å².